The SMILES string of the molecule is CC[C@H]1CN(c2ccc(-c3ncc(-c4cn[nH]c4)cc3O)nn2)CCN1.Cl.Cl. The molecule has 8 nitrogen and oxygen atoms in total. The predicted octanol–water partition coefficient (Wildman–Crippen LogP) is 2.67. The van der Waals surface area contributed by atoms with Gasteiger partial charge in [0, 0.05) is 49.2 Å². The van der Waals surface area contributed by atoms with E-state index in [9.17, 15) is 5.11 Å². The summed E-state index contributed by atoms with van der Waals surface area (Å²) in [5, 5.41) is 29.1. The number of piperazine rings is 1. The molecule has 1 saturated heterocycles. The number of anilines is 1. The summed E-state index contributed by atoms with van der Waals surface area (Å²) >= 11 is 0. The number of rotatable bonds is 4. The third-order valence-electron chi connectivity index (χ3n) is 4.66. The van der Waals surface area contributed by atoms with Gasteiger partial charge < -0.3 is 15.3 Å². The molecule has 1 aliphatic rings. The van der Waals surface area contributed by atoms with Crippen molar-refractivity contribution in [3.63, 3.8) is 0 Å². The van der Waals surface area contributed by atoms with Crippen molar-refractivity contribution in [1.29, 1.82) is 0 Å². The van der Waals surface area contributed by atoms with E-state index < -0.39 is 0 Å². The normalized spacial score (nSPS) is 16.2. The zero-order valence-corrected chi connectivity index (χ0v) is 17.0. The molecule has 1 fully saturated rings. The third kappa shape index (κ3) is 4.52. The number of aromatic nitrogens is 5. The van der Waals surface area contributed by atoms with Crippen LogP contribution in [0.2, 0.25) is 0 Å². The van der Waals surface area contributed by atoms with Gasteiger partial charge in [-0.25, -0.2) is 4.98 Å². The first kappa shape index (κ1) is 21.9. The molecule has 0 amide bonds. The van der Waals surface area contributed by atoms with E-state index in [0.29, 0.717) is 17.4 Å². The summed E-state index contributed by atoms with van der Waals surface area (Å²) in [6.07, 6.45) is 6.21. The summed E-state index contributed by atoms with van der Waals surface area (Å²) in [6, 6.07) is 5.92. The quantitative estimate of drug-likeness (QED) is 0.592. The maximum atomic E-state index is 10.3. The lowest BCUT2D eigenvalue weighted by Gasteiger charge is -2.33. The number of hydrogen-bond donors (Lipinski definition) is 3. The number of nitrogens with one attached hydrogen (secondary N) is 2. The van der Waals surface area contributed by atoms with Crippen molar-refractivity contribution in [2.45, 2.75) is 19.4 Å². The average molecular weight is 424 g/mol. The molecule has 10 heteroatoms. The molecule has 0 spiro atoms. The van der Waals surface area contributed by atoms with Gasteiger partial charge >= 0.3 is 0 Å². The predicted molar refractivity (Wildman–Crippen MR) is 113 cm³/mol. The highest BCUT2D eigenvalue weighted by atomic mass is 35.5. The summed E-state index contributed by atoms with van der Waals surface area (Å²) in [4.78, 5) is 6.59. The van der Waals surface area contributed by atoms with E-state index in [-0.39, 0.29) is 30.6 Å². The van der Waals surface area contributed by atoms with Crippen LogP contribution in [0.3, 0.4) is 0 Å². The minimum atomic E-state index is 0. The summed E-state index contributed by atoms with van der Waals surface area (Å²) in [7, 11) is 0. The topological polar surface area (TPSA) is 103 Å². The van der Waals surface area contributed by atoms with Crippen molar-refractivity contribution >= 4 is 30.6 Å². The first-order valence-corrected chi connectivity index (χ1v) is 8.75. The highest BCUT2D eigenvalue weighted by Crippen LogP contribution is 2.30. The molecule has 4 heterocycles. The van der Waals surface area contributed by atoms with E-state index in [0.717, 1.165) is 43.0 Å². The molecule has 0 radical (unpaired) electrons. The van der Waals surface area contributed by atoms with E-state index in [2.05, 4.69) is 42.5 Å². The van der Waals surface area contributed by atoms with Gasteiger partial charge in [0.1, 0.15) is 17.1 Å². The molecule has 28 heavy (non-hydrogen) atoms. The molecular formula is C18H23Cl2N7O. The Kier molecular flexibility index (Phi) is 7.56. The van der Waals surface area contributed by atoms with Gasteiger partial charge in [0.25, 0.3) is 0 Å². The van der Waals surface area contributed by atoms with Crippen LogP contribution >= 0.6 is 24.8 Å². The number of pyridine rings is 1. The van der Waals surface area contributed by atoms with Gasteiger partial charge in [-0.05, 0) is 24.6 Å². The fourth-order valence-electron chi connectivity index (χ4n) is 3.14. The first-order chi connectivity index (χ1) is 12.7. The van der Waals surface area contributed by atoms with Gasteiger partial charge in [-0.1, -0.05) is 6.92 Å². The van der Waals surface area contributed by atoms with Gasteiger partial charge in [0.05, 0.1) is 6.20 Å². The lowest BCUT2D eigenvalue weighted by atomic mass is 10.1. The minimum absolute atomic E-state index is 0. The standard InChI is InChI=1S/C18H21N7O.2ClH/c1-2-14-11-25(6-5-19-14)17-4-3-15(23-24-17)18-16(26)7-12(8-20-18)13-9-21-22-10-13;;/h3-4,7-10,14,19,26H,2,5-6,11H2,1H3,(H,21,22);2*1H/t14-;;/m0../s1. The molecule has 0 saturated carbocycles. The summed E-state index contributed by atoms with van der Waals surface area (Å²) in [6.45, 7) is 4.96. The summed E-state index contributed by atoms with van der Waals surface area (Å²) in [5.41, 5.74) is 2.62. The van der Waals surface area contributed by atoms with Crippen LogP contribution in [0.1, 0.15) is 13.3 Å². The fraction of sp³-hybridized carbons (Fsp3) is 0.333. The zero-order chi connectivity index (χ0) is 17.9. The minimum Gasteiger partial charge on any atom is -0.506 e. The van der Waals surface area contributed by atoms with Crippen molar-refractivity contribution in [2.75, 3.05) is 24.5 Å². The molecule has 3 aromatic heterocycles. The maximum absolute atomic E-state index is 10.3. The van der Waals surface area contributed by atoms with Crippen LogP contribution in [0, 0.1) is 0 Å². The lowest BCUT2D eigenvalue weighted by molar-refractivity contribution is 0.444. The Balaban J connectivity index is 0.00000140. The summed E-state index contributed by atoms with van der Waals surface area (Å²) in [5.74, 6) is 0.919. The van der Waals surface area contributed by atoms with Crippen molar-refractivity contribution in [3.05, 3.63) is 36.8 Å². The Morgan fingerprint density at radius 2 is 2.04 bits per heavy atom. The molecule has 0 aliphatic carbocycles. The molecule has 150 valence electrons. The molecule has 0 unspecified atom stereocenters. The Hall–Kier alpha value is -2.42. The van der Waals surface area contributed by atoms with Crippen molar-refractivity contribution in [2.24, 2.45) is 0 Å². The maximum Gasteiger partial charge on any atom is 0.151 e. The number of hydrogen-bond acceptors (Lipinski definition) is 7. The highest BCUT2D eigenvalue weighted by molar-refractivity contribution is 5.85. The number of nitrogens with zero attached hydrogens (tertiary/aromatic N) is 5. The number of halogens is 2. The van der Waals surface area contributed by atoms with Gasteiger partial charge in [-0.3, -0.25) is 5.10 Å². The smallest absolute Gasteiger partial charge is 0.151 e. The van der Waals surface area contributed by atoms with Crippen molar-refractivity contribution in [1.82, 2.24) is 30.7 Å². The molecule has 0 aromatic carbocycles. The molecule has 3 N–H and O–H groups in total. The van der Waals surface area contributed by atoms with Crippen LogP contribution < -0.4 is 10.2 Å². The van der Waals surface area contributed by atoms with Crippen molar-refractivity contribution in [3.8, 4) is 28.3 Å². The Labute approximate surface area is 175 Å². The monoisotopic (exact) mass is 423 g/mol. The van der Waals surface area contributed by atoms with Gasteiger partial charge in [-0.2, -0.15) is 5.10 Å². The molecule has 0 bridgehead atoms. The van der Waals surface area contributed by atoms with Crippen LogP contribution in [-0.2, 0) is 0 Å². The number of H-pyrrole nitrogens is 1. The van der Waals surface area contributed by atoms with E-state index in [4.69, 9.17) is 0 Å². The first-order valence-electron chi connectivity index (χ1n) is 8.75. The highest BCUT2D eigenvalue weighted by Gasteiger charge is 2.19. The average Bonchev–Trinajstić information content (AvgIpc) is 3.23. The summed E-state index contributed by atoms with van der Waals surface area (Å²) < 4.78 is 0. The molecular weight excluding hydrogens is 401 g/mol. The van der Waals surface area contributed by atoms with E-state index in [1.54, 1.807) is 24.7 Å². The van der Waals surface area contributed by atoms with E-state index >= 15 is 0 Å². The lowest BCUT2D eigenvalue weighted by Crippen LogP contribution is -2.50. The van der Waals surface area contributed by atoms with Gasteiger partial charge in [0.15, 0.2) is 5.82 Å². The van der Waals surface area contributed by atoms with Crippen LogP contribution in [-0.4, -0.2) is 56.2 Å². The molecule has 3 aromatic rings. The second-order valence-corrected chi connectivity index (χ2v) is 6.36. The zero-order valence-electron chi connectivity index (χ0n) is 15.4. The Morgan fingerprint density at radius 3 is 2.68 bits per heavy atom. The van der Waals surface area contributed by atoms with E-state index in [1.165, 1.54) is 0 Å². The van der Waals surface area contributed by atoms with Crippen molar-refractivity contribution < 1.29 is 5.11 Å². The van der Waals surface area contributed by atoms with Crippen LogP contribution in [0.4, 0.5) is 5.82 Å². The second-order valence-electron chi connectivity index (χ2n) is 6.36. The Bertz CT molecular complexity index is 874. The van der Waals surface area contributed by atoms with E-state index in [1.807, 2.05) is 12.1 Å². The number of aromatic amines is 1. The largest absolute Gasteiger partial charge is 0.506 e. The van der Waals surface area contributed by atoms with Gasteiger partial charge in [-0.15, -0.1) is 35.0 Å². The van der Waals surface area contributed by atoms with Gasteiger partial charge in [0.2, 0.25) is 0 Å². The molecule has 4 rings (SSSR count). The Morgan fingerprint density at radius 1 is 1.18 bits per heavy atom. The van der Waals surface area contributed by atoms with Crippen LogP contribution in [0.25, 0.3) is 22.5 Å². The van der Waals surface area contributed by atoms with Crippen LogP contribution in [0.15, 0.2) is 36.8 Å². The third-order valence-corrected chi connectivity index (χ3v) is 4.66. The second kappa shape index (κ2) is 9.68. The molecule has 1 atom stereocenters. The number of aromatic hydroxyl groups is 1. The fourth-order valence-corrected chi connectivity index (χ4v) is 3.14. The molecule has 1 aliphatic heterocycles. The van der Waals surface area contributed by atoms with Crippen LogP contribution in [0.5, 0.6) is 5.75 Å².